The molecule has 0 atom stereocenters. The van der Waals surface area contributed by atoms with E-state index in [0.717, 1.165) is 5.56 Å². The predicted octanol–water partition coefficient (Wildman–Crippen LogP) is 2.07. The van der Waals surface area contributed by atoms with Crippen molar-refractivity contribution >= 4 is 19.7 Å². The summed E-state index contributed by atoms with van der Waals surface area (Å²) in [6.45, 7) is 0. The van der Waals surface area contributed by atoms with Crippen LogP contribution in [0.15, 0.2) is 47.6 Å². The van der Waals surface area contributed by atoms with Crippen molar-refractivity contribution in [2.24, 2.45) is 0 Å². The Kier molecular flexibility index (Phi) is 2.89. The number of aromatic nitrogens is 2. The molecule has 2 rings (SSSR count). The number of nitrogens with zero attached hydrogens (tertiary/aromatic N) is 2. The number of benzene rings is 1. The molecule has 0 aliphatic rings. The first-order chi connectivity index (χ1) is 7.57. The van der Waals surface area contributed by atoms with Gasteiger partial charge in [0.1, 0.15) is 0 Å². The fourth-order valence-electron chi connectivity index (χ4n) is 1.21. The first kappa shape index (κ1) is 11.0. The van der Waals surface area contributed by atoms with E-state index in [2.05, 4.69) is 9.97 Å². The molecule has 0 fully saturated rings. The van der Waals surface area contributed by atoms with E-state index in [1.54, 1.807) is 30.6 Å². The minimum Gasteiger partial charge on any atom is -0.237 e. The molecular weight excluding hydrogens is 248 g/mol. The zero-order valence-corrected chi connectivity index (χ0v) is 9.61. The second-order valence-electron chi connectivity index (χ2n) is 3.03. The van der Waals surface area contributed by atoms with Crippen molar-refractivity contribution in [1.82, 2.24) is 9.97 Å². The van der Waals surface area contributed by atoms with Gasteiger partial charge < -0.3 is 0 Å². The van der Waals surface area contributed by atoms with E-state index >= 15 is 0 Å². The van der Waals surface area contributed by atoms with Crippen LogP contribution in [0, 0.1) is 0 Å². The lowest BCUT2D eigenvalue weighted by Crippen LogP contribution is -1.91. The van der Waals surface area contributed by atoms with Gasteiger partial charge >= 0.3 is 0 Å². The largest absolute Gasteiger partial charge is 0.261 e. The molecule has 6 heteroatoms. The van der Waals surface area contributed by atoms with Crippen LogP contribution in [0.1, 0.15) is 0 Å². The highest BCUT2D eigenvalue weighted by atomic mass is 35.7. The third-order valence-electron chi connectivity index (χ3n) is 1.96. The molecule has 0 unspecified atom stereocenters. The number of hydrogen-bond acceptors (Lipinski definition) is 4. The fourth-order valence-corrected chi connectivity index (χ4v) is 1.98. The topological polar surface area (TPSA) is 59.9 Å². The highest BCUT2D eigenvalue weighted by molar-refractivity contribution is 8.13. The van der Waals surface area contributed by atoms with Crippen LogP contribution in [0.5, 0.6) is 0 Å². The molecule has 0 aliphatic carbocycles. The number of rotatable bonds is 2. The Labute approximate surface area is 97.4 Å². The van der Waals surface area contributed by atoms with Gasteiger partial charge in [-0.3, -0.25) is 0 Å². The summed E-state index contributed by atoms with van der Waals surface area (Å²) in [5, 5.41) is 0. The molecule has 82 valence electrons. The van der Waals surface area contributed by atoms with Crippen LogP contribution >= 0.6 is 10.7 Å². The van der Waals surface area contributed by atoms with Crippen molar-refractivity contribution < 1.29 is 8.42 Å². The van der Waals surface area contributed by atoms with Crippen molar-refractivity contribution in [1.29, 1.82) is 0 Å². The van der Waals surface area contributed by atoms with Gasteiger partial charge in [-0.1, -0.05) is 0 Å². The van der Waals surface area contributed by atoms with Crippen LogP contribution in [0.3, 0.4) is 0 Å². The molecule has 2 aromatic rings. The molecule has 0 spiro atoms. The van der Waals surface area contributed by atoms with Crippen LogP contribution in [0.25, 0.3) is 11.4 Å². The lowest BCUT2D eigenvalue weighted by atomic mass is 10.2. The normalized spacial score (nSPS) is 11.3. The summed E-state index contributed by atoms with van der Waals surface area (Å²) in [5.41, 5.74) is 0.740. The molecule has 0 N–H and O–H groups in total. The quantitative estimate of drug-likeness (QED) is 0.770. The molecule has 0 amide bonds. The van der Waals surface area contributed by atoms with Gasteiger partial charge in [-0.05, 0) is 30.3 Å². The first-order valence-electron chi connectivity index (χ1n) is 4.39. The summed E-state index contributed by atoms with van der Waals surface area (Å²) in [4.78, 5) is 8.16. The molecule has 0 aliphatic heterocycles. The van der Waals surface area contributed by atoms with E-state index in [0.29, 0.717) is 5.82 Å². The van der Waals surface area contributed by atoms with E-state index in [1.807, 2.05) is 0 Å². The molecule has 0 saturated carbocycles. The summed E-state index contributed by atoms with van der Waals surface area (Å²) in [6, 6.07) is 7.79. The van der Waals surface area contributed by atoms with Crippen LogP contribution in [-0.2, 0) is 9.05 Å². The maximum absolute atomic E-state index is 11.0. The van der Waals surface area contributed by atoms with E-state index in [1.165, 1.54) is 12.1 Å². The molecule has 1 heterocycles. The van der Waals surface area contributed by atoms with Crippen LogP contribution in [-0.4, -0.2) is 18.4 Å². The van der Waals surface area contributed by atoms with Crippen LogP contribution < -0.4 is 0 Å². The third-order valence-corrected chi connectivity index (χ3v) is 3.33. The summed E-state index contributed by atoms with van der Waals surface area (Å²) in [5.74, 6) is 0.543. The average molecular weight is 255 g/mol. The molecule has 4 nitrogen and oxygen atoms in total. The van der Waals surface area contributed by atoms with Crippen LogP contribution in [0.2, 0.25) is 0 Å². The maximum atomic E-state index is 11.0. The Morgan fingerprint density at radius 3 is 2.06 bits per heavy atom. The van der Waals surface area contributed by atoms with E-state index in [4.69, 9.17) is 10.7 Å². The van der Waals surface area contributed by atoms with Crippen molar-refractivity contribution in [3.8, 4) is 11.4 Å². The van der Waals surface area contributed by atoms with Gasteiger partial charge in [0.25, 0.3) is 9.05 Å². The number of halogens is 1. The van der Waals surface area contributed by atoms with Crippen molar-refractivity contribution in [3.05, 3.63) is 42.7 Å². The van der Waals surface area contributed by atoms with Gasteiger partial charge in [0, 0.05) is 28.6 Å². The SMILES string of the molecule is O=S(=O)(Cl)c1ccc(-c2ncccn2)cc1. The summed E-state index contributed by atoms with van der Waals surface area (Å²) in [6.07, 6.45) is 3.24. The van der Waals surface area contributed by atoms with E-state index in [9.17, 15) is 8.42 Å². The third kappa shape index (κ3) is 2.37. The van der Waals surface area contributed by atoms with Gasteiger partial charge in [0.2, 0.25) is 0 Å². The second kappa shape index (κ2) is 4.19. The predicted molar refractivity (Wildman–Crippen MR) is 60.5 cm³/mol. The Morgan fingerprint density at radius 2 is 1.56 bits per heavy atom. The zero-order valence-electron chi connectivity index (χ0n) is 8.04. The van der Waals surface area contributed by atoms with Crippen molar-refractivity contribution in [3.63, 3.8) is 0 Å². The van der Waals surface area contributed by atoms with Gasteiger partial charge in [0.15, 0.2) is 5.82 Å². The summed E-state index contributed by atoms with van der Waals surface area (Å²) < 4.78 is 22.0. The first-order valence-corrected chi connectivity index (χ1v) is 6.70. The fraction of sp³-hybridized carbons (Fsp3) is 0. The lowest BCUT2D eigenvalue weighted by molar-refractivity contribution is 0.609. The molecule has 16 heavy (non-hydrogen) atoms. The highest BCUT2D eigenvalue weighted by Crippen LogP contribution is 2.19. The highest BCUT2D eigenvalue weighted by Gasteiger charge is 2.09. The van der Waals surface area contributed by atoms with Gasteiger partial charge in [-0.2, -0.15) is 0 Å². The Hall–Kier alpha value is -1.46. The molecule has 0 radical (unpaired) electrons. The average Bonchev–Trinajstić information content (AvgIpc) is 2.29. The van der Waals surface area contributed by atoms with E-state index < -0.39 is 9.05 Å². The Balaban J connectivity index is 2.41. The number of hydrogen-bond donors (Lipinski definition) is 0. The maximum Gasteiger partial charge on any atom is 0.261 e. The molecular formula is C10H7ClN2O2S. The smallest absolute Gasteiger partial charge is 0.237 e. The Bertz CT molecular complexity index is 582. The lowest BCUT2D eigenvalue weighted by Gasteiger charge is -2.00. The Morgan fingerprint density at radius 1 is 1.00 bits per heavy atom. The van der Waals surface area contributed by atoms with Gasteiger partial charge in [-0.25, -0.2) is 18.4 Å². The minimum atomic E-state index is -3.67. The molecule has 0 saturated heterocycles. The van der Waals surface area contributed by atoms with Crippen LogP contribution in [0.4, 0.5) is 0 Å². The van der Waals surface area contributed by atoms with Crippen molar-refractivity contribution in [2.45, 2.75) is 4.90 Å². The zero-order chi connectivity index (χ0) is 11.6. The molecule has 1 aromatic heterocycles. The van der Waals surface area contributed by atoms with Gasteiger partial charge in [-0.15, -0.1) is 0 Å². The summed E-state index contributed by atoms with van der Waals surface area (Å²) in [7, 11) is 1.53. The second-order valence-corrected chi connectivity index (χ2v) is 5.60. The standard InChI is InChI=1S/C10H7ClN2O2S/c11-16(14,15)9-4-2-8(3-5-9)10-12-6-1-7-13-10/h1-7H. The molecule has 1 aromatic carbocycles. The van der Waals surface area contributed by atoms with E-state index in [-0.39, 0.29) is 4.90 Å². The monoisotopic (exact) mass is 254 g/mol. The molecule has 0 bridgehead atoms. The minimum absolute atomic E-state index is 0.0637. The van der Waals surface area contributed by atoms with Crippen molar-refractivity contribution in [2.75, 3.05) is 0 Å². The summed E-state index contributed by atoms with van der Waals surface area (Å²) >= 11 is 0. The van der Waals surface area contributed by atoms with Gasteiger partial charge in [0.05, 0.1) is 4.90 Å².